The Morgan fingerprint density at radius 1 is 1.12 bits per heavy atom. The minimum atomic E-state index is -1.83. The van der Waals surface area contributed by atoms with Gasteiger partial charge in [-0.05, 0) is 35.9 Å². The van der Waals surface area contributed by atoms with Gasteiger partial charge in [0.05, 0.1) is 10.4 Å². The summed E-state index contributed by atoms with van der Waals surface area (Å²) in [6.45, 7) is 0. The van der Waals surface area contributed by atoms with Crippen molar-refractivity contribution in [1.82, 2.24) is 0 Å². The smallest absolute Gasteiger partial charge is 0.341 e. The van der Waals surface area contributed by atoms with E-state index in [1.807, 2.05) is 0 Å². The lowest BCUT2D eigenvalue weighted by Crippen LogP contribution is -2.34. The lowest BCUT2D eigenvalue weighted by Gasteiger charge is -2.24. The van der Waals surface area contributed by atoms with E-state index in [0.717, 1.165) is 10.5 Å². The number of carboxylic acids is 2. The minimum absolute atomic E-state index is 0.159. The van der Waals surface area contributed by atoms with Crippen LogP contribution in [0.5, 0.6) is 0 Å². The van der Waals surface area contributed by atoms with Crippen LogP contribution in [-0.4, -0.2) is 22.2 Å². The summed E-state index contributed by atoms with van der Waals surface area (Å²) < 4.78 is 0.765. The van der Waals surface area contributed by atoms with Crippen LogP contribution in [0.1, 0.15) is 5.56 Å². The lowest BCUT2D eigenvalue weighted by atomic mass is 9.83. The van der Waals surface area contributed by atoms with Crippen LogP contribution >= 0.6 is 39.1 Å². The number of aliphatic carboxylic acids is 2. The SMILES string of the molecule is O=C(O)/C=C\C1=c2c(Cl)cc(Cl)cc2=NC1(C(=O)O)c1ccc(Br)cc1. The maximum absolute atomic E-state index is 12.3. The minimum Gasteiger partial charge on any atom is -0.479 e. The zero-order valence-electron chi connectivity index (χ0n) is 12.9. The molecule has 2 aromatic rings. The number of hydrogen-bond acceptors (Lipinski definition) is 3. The molecule has 8 heteroatoms. The highest BCUT2D eigenvalue weighted by molar-refractivity contribution is 9.10. The molecule has 0 radical (unpaired) electrons. The van der Waals surface area contributed by atoms with Gasteiger partial charge >= 0.3 is 11.9 Å². The summed E-state index contributed by atoms with van der Waals surface area (Å²) in [5.74, 6) is -2.47. The Kier molecular flexibility index (Phi) is 4.92. The van der Waals surface area contributed by atoms with Gasteiger partial charge in [0.25, 0.3) is 0 Å². The van der Waals surface area contributed by atoms with Crippen molar-refractivity contribution in [2.24, 2.45) is 4.99 Å². The largest absolute Gasteiger partial charge is 0.479 e. The summed E-state index contributed by atoms with van der Waals surface area (Å²) in [5.41, 5.74) is -1.31. The van der Waals surface area contributed by atoms with Crippen LogP contribution < -0.4 is 10.6 Å². The molecule has 0 fully saturated rings. The molecule has 2 aromatic carbocycles. The van der Waals surface area contributed by atoms with Crippen LogP contribution in [0.2, 0.25) is 10.0 Å². The van der Waals surface area contributed by atoms with Crippen molar-refractivity contribution in [3.8, 4) is 0 Å². The van der Waals surface area contributed by atoms with Crippen molar-refractivity contribution in [1.29, 1.82) is 0 Å². The van der Waals surface area contributed by atoms with Crippen LogP contribution in [0.25, 0.3) is 5.57 Å². The molecular weight excluding hydrogens is 445 g/mol. The molecule has 0 saturated carbocycles. The quantitative estimate of drug-likeness (QED) is 0.694. The van der Waals surface area contributed by atoms with E-state index in [4.69, 9.17) is 28.3 Å². The Balaban J connectivity index is 2.46. The molecule has 26 heavy (non-hydrogen) atoms. The summed E-state index contributed by atoms with van der Waals surface area (Å²) in [6, 6.07) is 9.55. The van der Waals surface area contributed by atoms with E-state index in [9.17, 15) is 14.7 Å². The molecule has 0 spiro atoms. The topological polar surface area (TPSA) is 87.0 Å². The maximum atomic E-state index is 12.3. The molecule has 2 N–H and O–H groups in total. The molecule has 1 unspecified atom stereocenters. The van der Waals surface area contributed by atoms with Crippen molar-refractivity contribution in [3.05, 3.63) is 79.2 Å². The van der Waals surface area contributed by atoms with Crippen molar-refractivity contribution < 1.29 is 19.8 Å². The normalized spacial score (nSPS) is 18.7. The number of carboxylic acid groups (broad SMARTS) is 2. The van der Waals surface area contributed by atoms with Gasteiger partial charge in [-0.25, -0.2) is 9.59 Å². The number of hydrogen-bond donors (Lipinski definition) is 2. The molecule has 1 heterocycles. The fourth-order valence-electron chi connectivity index (χ4n) is 2.89. The Labute approximate surface area is 166 Å². The van der Waals surface area contributed by atoms with Gasteiger partial charge in [0.15, 0.2) is 0 Å². The monoisotopic (exact) mass is 453 g/mol. The van der Waals surface area contributed by atoms with Crippen LogP contribution in [-0.2, 0) is 15.1 Å². The second-order valence-corrected chi connectivity index (χ2v) is 7.26. The van der Waals surface area contributed by atoms with E-state index in [-0.39, 0.29) is 16.0 Å². The van der Waals surface area contributed by atoms with Gasteiger partial charge in [0.1, 0.15) is 0 Å². The number of rotatable bonds is 4. The first-order chi connectivity index (χ1) is 12.3. The van der Waals surface area contributed by atoms with Gasteiger partial charge in [0.2, 0.25) is 5.54 Å². The van der Waals surface area contributed by atoms with E-state index >= 15 is 0 Å². The second-order valence-electron chi connectivity index (χ2n) is 5.50. The zero-order chi connectivity index (χ0) is 19.1. The Hall–Kier alpha value is -2.15. The third kappa shape index (κ3) is 3.05. The van der Waals surface area contributed by atoms with E-state index < -0.39 is 17.5 Å². The number of fused-ring (bicyclic) bond motifs is 1. The Morgan fingerprint density at radius 3 is 2.35 bits per heavy atom. The summed E-state index contributed by atoms with van der Waals surface area (Å²) >= 11 is 15.6. The highest BCUT2D eigenvalue weighted by Crippen LogP contribution is 2.38. The van der Waals surface area contributed by atoms with Crippen LogP contribution in [0.3, 0.4) is 0 Å². The molecule has 0 saturated heterocycles. The van der Waals surface area contributed by atoms with Gasteiger partial charge in [-0.15, -0.1) is 0 Å². The molecule has 0 bridgehead atoms. The lowest BCUT2D eigenvalue weighted by molar-refractivity contribution is -0.141. The molecule has 0 amide bonds. The highest BCUT2D eigenvalue weighted by atomic mass is 79.9. The van der Waals surface area contributed by atoms with E-state index in [1.54, 1.807) is 24.3 Å². The first-order valence-corrected chi connectivity index (χ1v) is 8.81. The fraction of sp³-hybridized carbons (Fsp3) is 0.0556. The van der Waals surface area contributed by atoms with Gasteiger partial charge in [-0.1, -0.05) is 51.3 Å². The standard InChI is InChI=1S/C18H10BrCl2NO4/c19-10-3-1-9(2-4-10)18(17(25)26)12(5-6-15(23)24)16-13(21)7-11(20)8-14(16)22-18/h1-8H,(H,23,24)(H,25,26)/b6-5-. The molecule has 0 aliphatic carbocycles. The van der Waals surface area contributed by atoms with E-state index in [0.29, 0.717) is 15.8 Å². The summed E-state index contributed by atoms with van der Waals surface area (Å²) in [5, 5.41) is 20.2. The Bertz CT molecular complexity index is 1080. The number of halogens is 3. The third-order valence-corrected chi connectivity index (χ3v) is 4.99. The molecule has 1 atom stereocenters. The van der Waals surface area contributed by atoms with Gasteiger partial charge in [-0.2, -0.15) is 0 Å². The van der Waals surface area contributed by atoms with Crippen molar-refractivity contribution in [2.75, 3.05) is 0 Å². The van der Waals surface area contributed by atoms with Crippen molar-refractivity contribution in [2.45, 2.75) is 5.54 Å². The fourth-order valence-corrected chi connectivity index (χ4v) is 3.74. The number of carbonyl (C=O) groups is 2. The third-order valence-electron chi connectivity index (χ3n) is 3.95. The molecule has 5 nitrogen and oxygen atoms in total. The molecule has 132 valence electrons. The molecule has 1 aliphatic heterocycles. The zero-order valence-corrected chi connectivity index (χ0v) is 16.0. The summed E-state index contributed by atoms with van der Waals surface area (Å²) in [6.07, 6.45) is 2.08. The van der Waals surface area contributed by atoms with E-state index in [1.165, 1.54) is 18.2 Å². The van der Waals surface area contributed by atoms with Gasteiger partial charge < -0.3 is 10.2 Å². The highest BCUT2D eigenvalue weighted by Gasteiger charge is 2.46. The average molecular weight is 455 g/mol. The van der Waals surface area contributed by atoms with Crippen LogP contribution in [0.15, 0.2) is 58.0 Å². The van der Waals surface area contributed by atoms with Crippen molar-refractivity contribution >= 4 is 56.6 Å². The molecular formula is C18H10BrCl2NO4. The number of nitrogens with zero attached hydrogens (tertiary/aromatic N) is 1. The summed E-state index contributed by atoms with van der Waals surface area (Å²) in [7, 11) is 0. The molecule has 1 aliphatic rings. The predicted molar refractivity (Wildman–Crippen MR) is 101 cm³/mol. The summed E-state index contributed by atoms with van der Waals surface area (Å²) in [4.78, 5) is 27.8. The molecule has 3 rings (SSSR count). The first-order valence-electron chi connectivity index (χ1n) is 7.26. The predicted octanol–water partition coefficient (Wildman–Crippen LogP) is 3.16. The van der Waals surface area contributed by atoms with Crippen molar-refractivity contribution in [3.63, 3.8) is 0 Å². The Morgan fingerprint density at radius 2 is 1.77 bits per heavy atom. The molecule has 0 aromatic heterocycles. The van der Waals surface area contributed by atoms with Gasteiger partial charge in [0, 0.05) is 26.4 Å². The second kappa shape index (κ2) is 6.87. The maximum Gasteiger partial charge on any atom is 0.341 e. The average Bonchev–Trinajstić information content (AvgIpc) is 2.89. The first kappa shape index (κ1) is 18.6. The van der Waals surface area contributed by atoms with Crippen LogP contribution in [0.4, 0.5) is 0 Å². The van der Waals surface area contributed by atoms with E-state index in [2.05, 4.69) is 20.9 Å². The van der Waals surface area contributed by atoms with Gasteiger partial charge in [-0.3, -0.25) is 4.99 Å². The number of benzene rings is 2. The van der Waals surface area contributed by atoms with Crippen LogP contribution in [0, 0.1) is 0 Å².